The summed E-state index contributed by atoms with van der Waals surface area (Å²) in [5.41, 5.74) is 1.04. The zero-order valence-electron chi connectivity index (χ0n) is 16.7. The van der Waals surface area contributed by atoms with E-state index in [2.05, 4.69) is 10.3 Å². The molecule has 1 aromatic heterocycles. The fourth-order valence-corrected chi connectivity index (χ4v) is 3.66. The molecule has 0 radical (unpaired) electrons. The Morgan fingerprint density at radius 3 is 2.59 bits per heavy atom. The standard InChI is InChI=1S/C20H25N3O5S/c1-23(2)29(25,26)18-10-16(7-8-17(18)27-3)20(24)22-12-15-6-9-19(21-11-15)28-13-14-4-5-14/h6-11,14H,4-5,12-13H2,1-3H3,(H,22,24). The van der Waals surface area contributed by atoms with Crippen LogP contribution in [0.5, 0.6) is 11.6 Å². The first kappa shape index (κ1) is 21.1. The highest BCUT2D eigenvalue weighted by Crippen LogP contribution is 2.29. The van der Waals surface area contributed by atoms with Crippen LogP contribution in [-0.4, -0.2) is 51.4 Å². The summed E-state index contributed by atoms with van der Waals surface area (Å²) in [5, 5.41) is 2.77. The molecule has 1 saturated carbocycles. The lowest BCUT2D eigenvalue weighted by atomic mass is 10.2. The summed E-state index contributed by atoms with van der Waals surface area (Å²) in [4.78, 5) is 16.7. The number of aromatic nitrogens is 1. The molecule has 29 heavy (non-hydrogen) atoms. The van der Waals surface area contributed by atoms with Crippen LogP contribution in [0.1, 0.15) is 28.8 Å². The van der Waals surface area contributed by atoms with Gasteiger partial charge in [-0.05, 0) is 42.5 Å². The van der Waals surface area contributed by atoms with Gasteiger partial charge in [0.25, 0.3) is 5.91 Å². The van der Waals surface area contributed by atoms with E-state index in [9.17, 15) is 13.2 Å². The smallest absolute Gasteiger partial charge is 0.251 e. The van der Waals surface area contributed by atoms with Gasteiger partial charge in [-0.3, -0.25) is 4.79 Å². The number of benzene rings is 1. The number of sulfonamides is 1. The van der Waals surface area contributed by atoms with Gasteiger partial charge in [-0.2, -0.15) is 0 Å². The summed E-state index contributed by atoms with van der Waals surface area (Å²) >= 11 is 0. The van der Waals surface area contributed by atoms with E-state index in [1.807, 2.05) is 6.07 Å². The van der Waals surface area contributed by atoms with Crippen LogP contribution in [0.15, 0.2) is 41.4 Å². The van der Waals surface area contributed by atoms with Crippen LogP contribution in [0.2, 0.25) is 0 Å². The second kappa shape index (κ2) is 8.79. The van der Waals surface area contributed by atoms with Crippen molar-refractivity contribution in [2.75, 3.05) is 27.8 Å². The SMILES string of the molecule is COc1ccc(C(=O)NCc2ccc(OCC3CC3)nc2)cc1S(=O)(=O)N(C)C. The molecule has 0 bridgehead atoms. The minimum Gasteiger partial charge on any atom is -0.495 e. The van der Waals surface area contributed by atoms with Gasteiger partial charge in [0.1, 0.15) is 10.6 Å². The first-order valence-corrected chi connectivity index (χ1v) is 10.7. The third kappa shape index (κ3) is 5.24. The van der Waals surface area contributed by atoms with Crippen LogP contribution >= 0.6 is 0 Å². The molecule has 0 atom stereocenters. The Kier molecular flexibility index (Phi) is 6.39. The topological polar surface area (TPSA) is 97.8 Å². The molecule has 156 valence electrons. The molecule has 0 saturated heterocycles. The molecule has 0 unspecified atom stereocenters. The summed E-state index contributed by atoms with van der Waals surface area (Å²) in [6.45, 7) is 0.954. The Balaban J connectivity index is 1.65. The molecule has 3 rings (SSSR count). The monoisotopic (exact) mass is 419 g/mol. The van der Waals surface area contributed by atoms with E-state index in [-0.39, 0.29) is 22.8 Å². The van der Waals surface area contributed by atoms with Crippen LogP contribution < -0.4 is 14.8 Å². The van der Waals surface area contributed by atoms with Gasteiger partial charge in [0.2, 0.25) is 15.9 Å². The number of hydrogen-bond acceptors (Lipinski definition) is 6. The second-order valence-electron chi connectivity index (χ2n) is 7.09. The van der Waals surface area contributed by atoms with Crippen LogP contribution in [0.3, 0.4) is 0 Å². The number of methoxy groups -OCH3 is 1. The van der Waals surface area contributed by atoms with Crippen LogP contribution in [0, 0.1) is 5.92 Å². The summed E-state index contributed by atoms with van der Waals surface area (Å²) in [6, 6.07) is 7.93. The summed E-state index contributed by atoms with van der Waals surface area (Å²) in [5.74, 6) is 1.01. The van der Waals surface area contributed by atoms with Crippen LogP contribution in [0.4, 0.5) is 0 Å². The summed E-state index contributed by atoms with van der Waals surface area (Å²) in [6.07, 6.45) is 4.08. The van der Waals surface area contributed by atoms with Crippen molar-refractivity contribution in [3.63, 3.8) is 0 Å². The van der Waals surface area contributed by atoms with E-state index < -0.39 is 15.9 Å². The highest BCUT2D eigenvalue weighted by atomic mass is 32.2. The van der Waals surface area contributed by atoms with Crippen molar-refractivity contribution in [2.45, 2.75) is 24.3 Å². The van der Waals surface area contributed by atoms with E-state index >= 15 is 0 Å². The van der Waals surface area contributed by atoms with Crippen molar-refractivity contribution in [3.05, 3.63) is 47.7 Å². The van der Waals surface area contributed by atoms with Crippen molar-refractivity contribution >= 4 is 15.9 Å². The Labute approximate surface area is 170 Å². The van der Waals surface area contributed by atoms with Gasteiger partial charge >= 0.3 is 0 Å². The van der Waals surface area contributed by atoms with E-state index in [0.717, 1.165) is 9.87 Å². The normalized spacial score (nSPS) is 13.9. The van der Waals surface area contributed by atoms with Crippen molar-refractivity contribution in [1.82, 2.24) is 14.6 Å². The molecular formula is C20H25N3O5S. The summed E-state index contributed by atoms with van der Waals surface area (Å²) in [7, 11) is 0.480. The molecule has 2 aromatic rings. The largest absolute Gasteiger partial charge is 0.495 e. The number of carbonyl (C=O) groups excluding carboxylic acids is 1. The van der Waals surface area contributed by atoms with Gasteiger partial charge in [0, 0.05) is 38.5 Å². The zero-order valence-corrected chi connectivity index (χ0v) is 17.5. The third-order valence-electron chi connectivity index (χ3n) is 4.60. The zero-order chi connectivity index (χ0) is 21.0. The Morgan fingerprint density at radius 2 is 2.00 bits per heavy atom. The lowest BCUT2D eigenvalue weighted by Gasteiger charge is -2.15. The minimum absolute atomic E-state index is 0.0588. The van der Waals surface area contributed by atoms with Gasteiger partial charge in [-0.1, -0.05) is 6.07 Å². The third-order valence-corrected chi connectivity index (χ3v) is 6.44. The van der Waals surface area contributed by atoms with E-state index in [1.165, 1.54) is 52.2 Å². The number of rotatable bonds is 9. The fraction of sp³-hybridized carbons (Fsp3) is 0.400. The first-order valence-electron chi connectivity index (χ1n) is 9.27. The molecule has 9 heteroatoms. The predicted molar refractivity (Wildman–Crippen MR) is 107 cm³/mol. The van der Waals surface area contributed by atoms with Crippen molar-refractivity contribution < 1.29 is 22.7 Å². The number of carbonyl (C=O) groups is 1. The molecule has 1 N–H and O–H groups in total. The molecule has 0 spiro atoms. The first-order chi connectivity index (χ1) is 13.8. The van der Waals surface area contributed by atoms with Gasteiger partial charge in [0.05, 0.1) is 13.7 Å². The van der Waals surface area contributed by atoms with E-state index in [1.54, 1.807) is 12.3 Å². The number of amides is 1. The van der Waals surface area contributed by atoms with Gasteiger partial charge in [-0.25, -0.2) is 17.7 Å². The number of hydrogen-bond donors (Lipinski definition) is 1. The molecule has 1 fully saturated rings. The maximum atomic E-state index is 12.5. The average molecular weight is 420 g/mol. The molecule has 0 aliphatic heterocycles. The quantitative estimate of drug-likeness (QED) is 0.668. The molecule has 1 heterocycles. The number of pyridine rings is 1. The molecular weight excluding hydrogens is 394 g/mol. The Hall–Kier alpha value is -2.65. The van der Waals surface area contributed by atoms with Gasteiger partial charge < -0.3 is 14.8 Å². The van der Waals surface area contributed by atoms with Crippen molar-refractivity contribution in [2.24, 2.45) is 5.92 Å². The maximum absolute atomic E-state index is 12.5. The molecule has 1 amide bonds. The predicted octanol–water partition coefficient (Wildman–Crippen LogP) is 2.06. The Morgan fingerprint density at radius 1 is 1.24 bits per heavy atom. The summed E-state index contributed by atoms with van der Waals surface area (Å²) < 4.78 is 36.8. The van der Waals surface area contributed by atoms with Crippen molar-refractivity contribution in [3.8, 4) is 11.6 Å². The van der Waals surface area contributed by atoms with Crippen LogP contribution in [0.25, 0.3) is 0 Å². The average Bonchev–Trinajstić information content (AvgIpc) is 3.55. The lowest BCUT2D eigenvalue weighted by Crippen LogP contribution is -2.25. The molecule has 1 aromatic carbocycles. The van der Waals surface area contributed by atoms with Crippen molar-refractivity contribution in [1.29, 1.82) is 0 Å². The lowest BCUT2D eigenvalue weighted by molar-refractivity contribution is 0.0950. The fourth-order valence-electron chi connectivity index (χ4n) is 2.59. The number of nitrogens with one attached hydrogen (secondary N) is 1. The van der Waals surface area contributed by atoms with E-state index in [0.29, 0.717) is 18.4 Å². The Bertz CT molecular complexity index is 970. The molecule has 8 nitrogen and oxygen atoms in total. The van der Waals surface area contributed by atoms with Gasteiger partial charge in [0.15, 0.2) is 0 Å². The minimum atomic E-state index is -3.75. The van der Waals surface area contributed by atoms with E-state index in [4.69, 9.17) is 9.47 Å². The second-order valence-corrected chi connectivity index (χ2v) is 9.22. The molecule has 1 aliphatic carbocycles. The highest BCUT2D eigenvalue weighted by molar-refractivity contribution is 7.89. The van der Waals surface area contributed by atoms with Crippen LogP contribution in [-0.2, 0) is 16.6 Å². The highest BCUT2D eigenvalue weighted by Gasteiger charge is 2.24. The molecule has 1 aliphatic rings. The van der Waals surface area contributed by atoms with Gasteiger partial charge in [-0.15, -0.1) is 0 Å². The number of nitrogens with zero attached hydrogens (tertiary/aromatic N) is 2. The number of ether oxygens (including phenoxy) is 2. The maximum Gasteiger partial charge on any atom is 0.251 e.